The highest BCUT2D eigenvalue weighted by atomic mass is 16.2. The number of carbonyl (C=O) groups excluding carboxylic acids is 1. The minimum Gasteiger partial charge on any atom is -0.315 e. The summed E-state index contributed by atoms with van der Waals surface area (Å²) in [4.78, 5) is 15.3. The fraction of sp³-hybridized carbons (Fsp3) is 0.800. The molecule has 0 bridgehead atoms. The SMILES string of the molecule is O=C1CN(N=[N+]=C(C2CC2)C2CC2)CN1. The molecule has 1 N–H and O–H groups in total. The lowest BCUT2D eigenvalue weighted by molar-refractivity contribution is -0.146. The Labute approximate surface area is 88.2 Å². The average Bonchev–Trinajstić information content (AvgIpc) is 3.09. The Morgan fingerprint density at radius 1 is 1.33 bits per heavy atom. The first-order valence-corrected chi connectivity index (χ1v) is 5.63. The van der Waals surface area contributed by atoms with E-state index in [1.807, 2.05) is 0 Å². The van der Waals surface area contributed by atoms with Gasteiger partial charge in [-0.15, -0.1) is 5.01 Å². The third kappa shape index (κ3) is 2.02. The molecule has 5 nitrogen and oxygen atoms in total. The Bertz CT molecular complexity index is 336. The minimum atomic E-state index is 0.0355. The van der Waals surface area contributed by atoms with Gasteiger partial charge in [-0.3, -0.25) is 4.79 Å². The van der Waals surface area contributed by atoms with E-state index < -0.39 is 0 Å². The molecule has 80 valence electrons. The maximum atomic E-state index is 10.9. The lowest BCUT2D eigenvalue weighted by atomic mass is 10.2. The van der Waals surface area contributed by atoms with E-state index >= 15 is 0 Å². The van der Waals surface area contributed by atoms with Crippen LogP contribution in [0.15, 0.2) is 5.22 Å². The molecule has 0 aromatic heterocycles. The van der Waals surface area contributed by atoms with Crippen molar-refractivity contribution in [2.45, 2.75) is 25.7 Å². The number of hydrogen-bond acceptors (Lipinski definition) is 2. The number of nitrogens with one attached hydrogen (secondary N) is 1. The third-order valence-corrected chi connectivity index (χ3v) is 3.06. The van der Waals surface area contributed by atoms with Crippen molar-refractivity contribution < 1.29 is 9.58 Å². The summed E-state index contributed by atoms with van der Waals surface area (Å²) in [6, 6.07) is 0. The van der Waals surface area contributed by atoms with Crippen molar-refractivity contribution in [1.82, 2.24) is 10.3 Å². The second-order valence-corrected chi connectivity index (χ2v) is 4.59. The van der Waals surface area contributed by atoms with Crippen LogP contribution in [0.5, 0.6) is 0 Å². The van der Waals surface area contributed by atoms with Gasteiger partial charge in [-0.25, -0.2) is 0 Å². The van der Waals surface area contributed by atoms with E-state index in [1.165, 1.54) is 31.4 Å². The highest BCUT2D eigenvalue weighted by molar-refractivity contribution is 5.87. The molecule has 5 heteroatoms. The summed E-state index contributed by atoms with van der Waals surface area (Å²) >= 11 is 0. The average molecular weight is 207 g/mol. The van der Waals surface area contributed by atoms with Crippen LogP contribution in [-0.2, 0) is 4.79 Å². The predicted molar refractivity (Wildman–Crippen MR) is 52.9 cm³/mol. The summed E-state index contributed by atoms with van der Waals surface area (Å²) in [5.41, 5.74) is 1.29. The van der Waals surface area contributed by atoms with Crippen LogP contribution in [0.25, 0.3) is 0 Å². The lowest BCUT2D eigenvalue weighted by Crippen LogP contribution is -2.16. The molecule has 3 aliphatic rings. The molecular weight excluding hydrogens is 192 g/mol. The van der Waals surface area contributed by atoms with Crippen molar-refractivity contribution in [1.29, 1.82) is 0 Å². The minimum absolute atomic E-state index is 0.0355. The summed E-state index contributed by atoms with van der Waals surface area (Å²) in [6.07, 6.45) is 5.12. The number of nitrogens with zero attached hydrogens (tertiary/aromatic N) is 3. The van der Waals surface area contributed by atoms with Gasteiger partial charge < -0.3 is 5.32 Å². The zero-order valence-electron chi connectivity index (χ0n) is 8.65. The highest BCUT2D eigenvalue weighted by Gasteiger charge is 2.43. The van der Waals surface area contributed by atoms with Crippen molar-refractivity contribution in [3.05, 3.63) is 0 Å². The Morgan fingerprint density at radius 2 is 2.00 bits per heavy atom. The molecule has 0 aromatic rings. The molecule has 0 spiro atoms. The van der Waals surface area contributed by atoms with E-state index in [4.69, 9.17) is 0 Å². The number of carbonyl (C=O) groups is 1. The largest absolute Gasteiger partial charge is 0.315 e. The van der Waals surface area contributed by atoms with Gasteiger partial charge >= 0.3 is 0 Å². The van der Waals surface area contributed by atoms with E-state index in [0.29, 0.717) is 25.0 Å². The normalized spacial score (nSPS) is 24.8. The molecule has 1 aliphatic heterocycles. The van der Waals surface area contributed by atoms with E-state index in [-0.39, 0.29) is 5.91 Å². The van der Waals surface area contributed by atoms with Gasteiger partial charge in [0.05, 0.1) is 0 Å². The third-order valence-electron chi connectivity index (χ3n) is 3.06. The van der Waals surface area contributed by atoms with Crippen LogP contribution in [0.2, 0.25) is 0 Å². The number of amides is 1. The molecule has 2 saturated carbocycles. The number of hydrogen-bond donors (Lipinski definition) is 1. The van der Waals surface area contributed by atoms with Crippen molar-refractivity contribution in [3.63, 3.8) is 0 Å². The molecule has 1 heterocycles. The van der Waals surface area contributed by atoms with Gasteiger partial charge in [0.15, 0.2) is 18.4 Å². The molecule has 1 amide bonds. The number of rotatable bonds is 3. The highest BCUT2D eigenvalue weighted by Crippen LogP contribution is 2.41. The first kappa shape index (κ1) is 8.92. The fourth-order valence-corrected chi connectivity index (χ4v) is 1.89. The van der Waals surface area contributed by atoms with Gasteiger partial charge in [0.1, 0.15) is 0 Å². The van der Waals surface area contributed by atoms with Gasteiger partial charge in [-0.2, -0.15) is 0 Å². The van der Waals surface area contributed by atoms with E-state index in [2.05, 4.69) is 15.3 Å². The van der Waals surface area contributed by atoms with Crippen LogP contribution in [0.3, 0.4) is 0 Å². The first-order valence-electron chi connectivity index (χ1n) is 5.63. The monoisotopic (exact) mass is 207 g/mol. The lowest BCUT2D eigenvalue weighted by Gasteiger charge is -1.92. The Hall–Kier alpha value is -1.35. The van der Waals surface area contributed by atoms with Crippen molar-refractivity contribution in [2.24, 2.45) is 17.1 Å². The second kappa shape index (κ2) is 3.35. The first-order chi connectivity index (χ1) is 7.33. The van der Waals surface area contributed by atoms with Crippen molar-refractivity contribution in [2.75, 3.05) is 13.2 Å². The van der Waals surface area contributed by atoms with Crippen LogP contribution in [0.4, 0.5) is 0 Å². The van der Waals surface area contributed by atoms with Gasteiger partial charge in [-0.1, -0.05) is 4.79 Å². The van der Waals surface area contributed by atoms with Gasteiger partial charge in [0.2, 0.25) is 5.71 Å². The summed E-state index contributed by atoms with van der Waals surface area (Å²) < 4.78 is 0. The molecule has 15 heavy (non-hydrogen) atoms. The van der Waals surface area contributed by atoms with E-state index in [9.17, 15) is 4.79 Å². The van der Waals surface area contributed by atoms with Crippen LogP contribution in [0.1, 0.15) is 25.7 Å². The molecule has 0 aromatic carbocycles. The molecular formula is C10H15N4O+. The molecule has 3 fully saturated rings. The van der Waals surface area contributed by atoms with E-state index in [1.54, 1.807) is 5.01 Å². The Balaban J connectivity index is 1.71. The van der Waals surface area contributed by atoms with Crippen molar-refractivity contribution in [3.8, 4) is 0 Å². The van der Waals surface area contributed by atoms with Gasteiger partial charge in [-0.05, 0) is 25.7 Å². The molecule has 0 radical (unpaired) electrons. The predicted octanol–water partition coefficient (Wildman–Crippen LogP) is 0.212. The maximum Gasteiger partial charge on any atom is 0.267 e. The van der Waals surface area contributed by atoms with Crippen LogP contribution in [0, 0.1) is 11.8 Å². The molecule has 0 atom stereocenters. The zero-order valence-corrected chi connectivity index (χ0v) is 8.65. The Kier molecular flexibility index (Phi) is 1.99. The zero-order chi connectivity index (χ0) is 10.3. The van der Waals surface area contributed by atoms with E-state index in [0.717, 1.165) is 0 Å². The second-order valence-electron chi connectivity index (χ2n) is 4.59. The van der Waals surface area contributed by atoms with Gasteiger partial charge in [0.25, 0.3) is 5.91 Å². The summed E-state index contributed by atoms with van der Waals surface area (Å²) in [7, 11) is 0. The standard InChI is InChI=1S/C10H14N4O/c15-9-5-14(6-11-9)13-12-10(7-1-2-7)8-3-4-8/h7-8H,1-6H2/p+1. The Morgan fingerprint density at radius 3 is 2.47 bits per heavy atom. The van der Waals surface area contributed by atoms with Crippen LogP contribution >= 0.6 is 0 Å². The maximum absolute atomic E-state index is 10.9. The van der Waals surface area contributed by atoms with Crippen LogP contribution < -0.4 is 5.32 Å². The molecule has 0 unspecified atom stereocenters. The summed E-state index contributed by atoms with van der Waals surface area (Å²) in [5.74, 6) is 1.44. The van der Waals surface area contributed by atoms with Gasteiger partial charge in [0, 0.05) is 11.8 Å². The topological polar surface area (TPSA) is 58.8 Å². The van der Waals surface area contributed by atoms with Crippen molar-refractivity contribution >= 4 is 11.6 Å². The van der Waals surface area contributed by atoms with Crippen LogP contribution in [-0.4, -0.2) is 34.6 Å². The quantitative estimate of drug-likeness (QED) is 0.408. The smallest absolute Gasteiger partial charge is 0.267 e. The summed E-state index contributed by atoms with van der Waals surface area (Å²) in [5, 5.41) is 8.53. The molecule has 1 saturated heterocycles. The molecule has 3 rings (SSSR count). The fourth-order valence-electron chi connectivity index (χ4n) is 1.89. The molecule has 2 aliphatic carbocycles. The summed E-state index contributed by atoms with van der Waals surface area (Å²) in [6.45, 7) is 0.858.